The number of tetrazole rings is 1. The highest BCUT2D eigenvalue weighted by Crippen LogP contribution is 2.28. The number of nitrogens with zero attached hydrogens (tertiary/aromatic N) is 5. The molecule has 0 saturated carbocycles. The van der Waals surface area contributed by atoms with Crippen molar-refractivity contribution < 1.29 is 13.2 Å². The van der Waals surface area contributed by atoms with Gasteiger partial charge in [0.25, 0.3) is 10.0 Å². The minimum Gasteiger partial charge on any atom is -0.353 e. The summed E-state index contributed by atoms with van der Waals surface area (Å²) >= 11 is 1.16. The van der Waals surface area contributed by atoms with E-state index in [4.69, 9.17) is 0 Å². The molecule has 11 heteroatoms. The molecule has 2 aromatic heterocycles. The number of rotatable bonds is 6. The number of nitrogens with one attached hydrogen (secondary N) is 1. The van der Waals surface area contributed by atoms with E-state index in [0.29, 0.717) is 32.5 Å². The van der Waals surface area contributed by atoms with E-state index in [1.807, 2.05) is 0 Å². The zero-order valence-electron chi connectivity index (χ0n) is 12.2. The Bertz CT molecular complexity index is 744. The quantitative estimate of drug-likeness (QED) is 0.761. The van der Waals surface area contributed by atoms with Crippen LogP contribution in [-0.4, -0.2) is 58.0 Å². The highest BCUT2D eigenvalue weighted by molar-refractivity contribution is 7.91. The predicted octanol–water partition coefficient (Wildman–Crippen LogP) is -0.296. The number of carbonyl (C=O) groups is 1. The van der Waals surface area contributed by atoms with Crippen molar-refractivity contribution in [2.24, 2.45) is 0 Å². The number of sulfonamides is 1. The molecular weight excluding hydrogens is 340 g/mol. The summed E-state index contributed by atoms with van der Waals surface area (Å²) in [6.07, 6.45) is 2.51. The number of aromatic nitrogens is 4. The second-order valence-electron chi connectivity index (χ2n) is 5.03. The molecule has 1 atom stereocenters. The van der Waals surface area contributed by atoms with Crippen LogP contribution < -0.4 is 5.32 Å². The maximum atomic E-state index is 12.6. The second-order valence-corrected chi connectivity index (χ2v) is 8.09. The van der Waals surface area contributed by atoms with Crippen LogP contribution in [-0.2, 0) is 21.4 Å². The largest absolute Gasteiger partial charge is 0.353 e. The average molecular weight is 356 g/mol. The minimum absolute atomic E-state index is 0.268. The number of amides is 1. The Morgan fingerprint density at radius 3 is 3.04 bits per heavy atom. The van der Waals surface area contributed by atoms with Crippen molar-refractivity contribution in [3.63, 3.8) is 0 Å². The molecule has 1 amide bonds. The molecule has 3 heterocycles. The molecule has 1 N–H and O–H groups in total. The molecule has 9 nitrogen and oxygen atoms in total. The van der Waals surface area contributed by atoms with Crippen LogP contribution in [0.3, 0.4) is 0 Å². The lowest BCUT2D eigenvalue weighted by atomic mass is 10.2. The third-order valence-corrected chi connectivity index (χ3v) is 6.85. The summed E-state index contributed by atoms with van der Waals surface area (Å²) in [4.78, 5) is 13.7. The maximum absolute atomic E-state index is 12.6. The van der Waals surface area contributed by atoms with Crippen molar-refractivity contribution in [3.05, 3.63) is 23.8 Å². The van der Waals surface area contributed by atoms with E-state index in [1.54, 1.807) is 17.5 Å². The SMILES string of the molecule is O=C(NCCn1ncnn1)C1CCCN1S(=O)(=O)c1cccs1. The van der Waals surface area contributed by atoms with Gasteiger partial charge in [-0.05, 0) is 29.5 Å². The van der Waals surface area contributed by atoms with Crippen LogP contribution in [0.1, 0.15) is 12.8 Å². The molecule has 2 aromatic rings. The van der Waals surface area contributed by atoms with Gasteiger partial charge in [-0.25, -0.2) is 8.42 Å². The Labute approximate surface area is 137 Å². The van der Waals surface area contributed by atoms with Gasteiger partial charge in [0.05, 0.1) is 6.54 Å². The Morgan fingerprint density at radius 1 is 1.48 bits per heavy atom. The molecule has 1 aliphatic heterocycles. The van der Waals surface area contributed by atoms with Crippen molar-refractivity contribution in [1.82, 2.24) is 29.8 Å². The third kappa shape index (κ3) is 3.41. The summed E-state index contributed by atoms with van der Waals surface area (Å²) in [6.45, 7) is 1.07. The maximum Gasteiger partial charge on any atom is 0.253 e. The molecule has 0 aromatic carbocycles. The molecule has 0 bridgehead atoms. The molecular formula is C12H16N6O3S2. The van der Waals surface area contributed by atoms with Crippen LogP contribution in [0.4, 0.5) is 0 Å². The van der Waals surface area contributed by atoms with Gasteiger partial charge in [-0.15, -0.1) is 21.5 Å². The fourth-order valence-corrected chi connectivity index (χ4v) is 5.28. The summed E-state index contributed by atoms with van der Waals surface area (Å²) in [7, 11) is -3.61. The Hall–Kier alpha value is -1.85. The number of hydrogen-bond donors (Lipinski definition) is 1. The van der Waals surface area contributed by atoms with Gasteiger partial charge < -0.3 is 5.32 Å². The zero-order valence-corrected chi connectivity index (χ0v) is 13.8. The topological polar surface area (TPSA) is 110 Å². The van der Waals surface area contributed by atoms with Crippen molar-refractivity contribution in [2.75, 3.05) is 13.1 Å². The monoisotopic (exact) mass is 356 g/mol. The molecule has 0 spiro atoms. The molecule has 0 aliphatic carbocycles. The molecule has 23 heavy (non-hydrogen) atoms. The fraction of sp³-hybridized carbons (Fsp3) is 0.500. The first-order valence-electron chi connectivity index (χ1n) is 7.13. The third-order valence-electron chi connectivity index (χ3n) is 3.57. The first-order valence-corrected chi connectivity index (χ1v) is 9.45. The van der Waals surface area contributed by atoms with Gasteiger partial charge in [-0.2, -0.15) is 9.10 Å². The van der Waals surface area contributed by atoms with Gasteiger partial charge in [0.1, 0.15) is 10.3 Å². The summed E-state index contributed by atoms with van der Waals surface area (Å²) in [6, 6.07) is 2.59. The minimum atomic E-state index is -3.61. The molecule has 1 unspecified atom stereocenters. The van der Waals surface area contributed by atoms with E-state index in [2.05, 4.69) is 20.7 Å². The lowest BCUT2D eigenvalue weighted by molar-refractivity contribution is -0.124. The van der Waals surface area contributed by atoms with Crippen LogP contribution in [0.2, 0.25) is 0 Å². The first kappa shape index (κ1) is 16.0. The Morgan fingerprint density at radius 2 is 2.35 bits per heavy atom. The summed E-state index contributed by atoms with van der Waals surface area (Å²) in [5, 5.41) is 15.6. The van der Waals surface area contributed by atoms with E-state index in [0.717, 1.165) is 11.3 Å². The summed E-state index contributed by atoms with van der Waals surface area (Å²) in [5.74, 6) is -0.289. The van der Waals surface area contributed by atoms with Crippen LogP contribution in [0.5, 0.6) is 0 Å². The van der Waals surface area contributed by atoms with Crippen LogP contribution in [0.25, 0.3) is 0 Å². The smallest absolute Gasteiger partial charge is 0.253 e. The predicted molar refractivity (Wildman–Crippen MR) is 82.1 cm³/mol. The van der Waals surface area contributed by atoms with Crippen LogP contribution >= 0.6 is 11.3 Å². The van der Waals surface area contributed by atoms with E-state index in [-0.39, 0.29) is 10.1 Å². The number of thiophene rings is 1. The molecule has 1 saturated heterocycles. The van der Waals surface area contributed by atoms with E-state index < -0.39 is 16.1 Å². The first-order chi connectivity index (χ1) is 11.1. The zero-order chi connectivity index (χ0) is 16.3. The van der Waals surface area contributed by atoms with Crippen LogP contribution in [0, 0.1) is 0 Å². The van der Waals surface area contributed by atoms with Crippen LogP contribution in [0.15, 0.2) is 28.0 Å². The van der Waals surface area contributed by atoms with Gasteiger partial charge in [-0.3, -0.25) is 4.79 Å². The Balaban J connectivity index is 1.63. The van der Waals surface area contributed by atoms with Gasteiger partial charge in [-0.1, -0.05) is 6.07 Å². The van der Waals surface area contributed by atoms with Crippen molar-refractivity contribution >= 4 is 27.3 Å². The van der Waals surface area contributed by atoms with Crippen molar-refractivity contribution in [3.8, 4) is 0 Å². The standard InChI is InChI=1S/C12H16N6O3S2/c19-12(13-5-7-18-15-9-14-16-18)10-3-1-6-17(10)23(20,21)11-4-2-8-22-11/h2,4,8-10H,1,3,5-7H2,(H,13,19). The fourth-order valence-electron chi connectivity index (χ4n) is 2.50. The van der Waals surface area contributed by atoms with Gasteiger partial charge in [0.2, 0.25) is 5.91 Å². The highest BCUT2D eigenvalue weighted by atomic mass is 32.2. The average Bonchev–Trinajstić information content (AvgIpc) is 3.27. The van der Waals surface area contributed by atoms with E-state index in [1.165, 1.54) is 15.4 Å². The molecule has 124 valence electrons. The van der Waals surface area contributed by atoms with Gasteiger partial charge in [0.15, 0.2) is 6.33 Å². The highest BCUT2D eigenvalue weighted by Gasteiger charge is 2.39. The summed E-state index contributed by atoms with van der Waals surface area (Å²) < 4.78 is 26.8. The Kier molecular flexibility index (Phi) is 4.68. The number of hydrogen-bond acceptors (Lipinski definition) is 7. The van der Waals surface area contributed by atoms with Gasteiger partial charge in [0, 0.05) is 13.1 Å². The molecule has 3 rings (SSSR count). The van der Waals surface area contributed by atoms with Crippen molar-refractivity contribution in [2.45, 2.75) is 29.6 Å². The second kappa shape index (κ2) is 6.72. The van der Waals surface area contributed by atoms with E-state index in [9.17, 15) is 13.2 Å². The number of carbonyl (C=O) groups excluding carboxylic acids is 1. The van der Waals surface area contributed by atoms with E-state index >= 15 is 0 Å². The van der Waals surface area contributed by atoms with Gasteiger partial charge >= 0.3 is 0 Å². The lowest BCUT2D eigenvalue weighted by Crippen LogP contribution is -2.46. The molecule has 0 radical (unpaired) electrons. The normalized spacial score (nSPS) is 19.0. The molecule has 1 fully saturated rings. The summed E-state index contributed by atoms with van der Waals surface area (Å²) in [5.41, 5.74) is 0. The lowest BCUT2D eigenvalue weighted by Gasteiger charge is -2.22. The molecule has 1 aliphatic rings. The van der Waals surface area contributed by atoms with Crippen molar-refractivity contribution in [1.29, 1.82) is 0 Å².